The lowest BCUT2D eigenvalue weighted by Gasteiger charge is -2.33. The molecule has 0 saturated heterocycles. The molecule has 0 aromatic heterocycles. The van der Waals surface area contributed by atoms with Crippen LogP contribution < -0.4 is 5.32 Å². The summed E-state index contributed by atoms with van der Waals surface area (Å²) in [6, 6.07) is 0.587. The molecule has 0 aromatic rings. The molecule has 0 aliphatic rings. The van der Waals surface area contributed by atoms with Crippen molar-refractivity contribution in [2.45, 2.75) is 137 Å². The number of allylic oxidation sites excluding steroid dienone is 4. The Labute approximate surface area is 355 Å². The molecule has 10 nitrogen and oxygen atoms in total. The lowest BCUT2D eigenvalue weighted by molar-refractivity contribution is -0.152. The van der Waals surface area contributed by atoms with Crippen molar-refractivity contribution in [1.82, 2.24) is 5.32 Å². The van der Waals surface area contributed by atoms with E-state index < -0.39 is 38.5 Å². The molecule has 56 heavy (non-hydrogen) atoms. The predicted molar refractivity (Wildman–Crippen MR) is 238 cm³/mol. The highest BCUT2D eigenvalue weighted by molar-refractivity contribution is 8.13. The van der Waals surface area contributed by atoms with Crippen molar-refractivity contribution in [2.24, 2.45) is 34.5 Å². The van der Waals surface area contributed by atoms with E-state index in [9.17, 15) is 29.4 Å². The average Bonchev–Trinajstić information content (AvgIpc) is 3.16. The zero-order valence-corrected chi connectivity index (χ0v) is 39.9. The summed E-state index contributed by atoms with van der Waals surface area (Å²) < 4.78 is 16.2. The zero-order valence-electron chi connectivity index (χ0n) is 36.6. The molecule has 0 fully saturated rings. The summed E-state index contributed by atoms with van der Waals surface area (Å²) in [5.74, 6) is -3.76. The van der Waals surface area contributed by atoms with E-state index in [0.717, 1.165) is 43.9 Å². The Hall–Kier alpha value is -1.67. The summed E-state index contributed by atoms with van der Waals surface area (Å²) in [5, 5.41) is 21.2. The molecule has 6 atom stereocenters. The number of carbonyl (C=O) groups is 4. The largest absolute Gasteiger partial charge is 0.500 e. The van der Waals surface area contributed by atoms with Crippen LogP contribution in [-0.4, -0.2) is 86.4 Å². The molecule has 6 unspecified atom stereocenters. The van der Waals surface area contributed by atoms with E-state index in [-0.39, 0.29) is 39.5 Å². The number of rotatable bonds is 28. The predicted octanol–water partition coefficient (Wildman–Crippen LogP) is 10.7. The summed E-state index contributed by atoms with van der Waals surface area (Å²) in [7, 11) is 1.99. The Balaban J connectivity index is -0.00000130. The first-order valence-corrected chi connectivity index (χ1v) is 23.6. The molecule has 0 saturated carbocycles. The van der Waals surface area contributed by atoms with Crippen molar-refractivity contribution >= 4 is 66.7 Å². The third kappa shape index (κ3) is 24.3. The Morgan fingerprint density at radius 2 is 1.43 bits per heavy atom. The Morgan fingerprint density at radius 1 is 0.875 bits per heavy atom. The Bertz CT molecular complexity index is 1160. The van der Waals surface area contributed by atoms with Gasteiger partial charge in [-0.25, -0.2) is 0 Å². The summed E-state index contributed by atoms with van der Waals surface area (Å²) in [5.41, 5.74) is -0.0733. The van der Waals surface area contributed by atoms with Gasteiger partial charge in [-0.2, -0.15) is 0 Å². The molecule has 0 bridgehead atoms. The van der Waals surface area contributed by atoms with Gasteiger partial charge in [0.05, 0.1) is 17.2 Å². The van der Waals surface area contributed by atoms with Crippen molar-refractivity contribution in [3.05, 3.63) is 37.5 Å². The van der Waals surface area contributed by atoms with Crippen molar-refractivity contribution in [2.75, 3.05) is 33.6 Å². The van der Waals surface area contributed by atoms with Crippen LogP contribution in [-0.2, 0) is 32.5 Å². The van der Waals surface area contributed by atoms with Crippen LogP contribution in [0.3, 0.4) is 0 Å². The van der Waals surface area contributed by atoms with Crippen LogP contribution in [0.2, 0.25) is 6.04 Å². The maximum absolute atomic E-state index is 12.6. The van der Waals surface area contributed by atoms with E-state index in [1.54, 1.807) is 28.3 Å². The molecule has 14 heteroatoms. The smallest absolute Gasteiger partial charge is 0.481 e. The number of hydrogen-bond acceptors (Lipinski definition) is 8. The topological polar surface area (TPSA) is 148 Å². The summed E-state index contributed by atoms with van der Waals surface area (Å²) >= 11 is 14.3. The monoisotopic (exact) mass is 869 g/mol. The second-order valence-corrected chi connectivity index (χ2v) is 20.5. The van der Waals surface area contributed by atoms with Gasteiger partial charge < -0.3 is 28.8 Å². The van der Waals surface area contributed by atoms with Crippen LogP contribution in [0.15, 0.2) is 37.5 Å². The maximum atomic E-state index is 12.6. The molecule has 0 aromatic carbocycles. The van der Waals surface area contributed by atoms with Crippen LogP contribution in [0.25, 0.3) is 0 Å². The van der Waals surface area contributed by atoms with Crippen LogP contribution in [0.5, 0.6) is 0 Å². The second-order valence-electron chi connectivity index (χ2n) is 15.2. The molecular weight excluding hydrogens is 794 g/mol. The molecule has 0 heterocycles. The minimum atomic E-state index is -2.68. The minimum Gasteiger partial charge on any atom is -0.481 e. The summed E-state index contributed by atoms with van der Waals surface area (Å²) in [6.45, 7) is 24.3. The lowest BCUT2D eigenvalue weighted by Crippen LogP contribution is -2.43. The molecule has 0 radical (unpaired) electrons. The first-order chi connectivity index (χ1) is 26.2. The van der Waals surface area contributed by atoms with E-state index in [1.165, 1.54) is 0 Å². The van der Waals surface area contributed by atoms with Gasteiger partial charge in [-0.3, -0.25) is 19.2 Å². The third-order valence-electron chi connectivity index (χ3n) is 10.3. The molecule has 0 spiro atoms. The Kier molecular flexibility index (Phi) is 33.7. The lowest BCUT2D eigenvalue weighted by atomic mass is 9.70. The molecule has 0 aliphatic carbocycles. The normalized spacial score (nSPS) is 15.4. The fourth-order valence-corrected chi connectivity index (χ4v) is 9.23. The quantitative estimate of drug-likeness (QED) is 0.0300. The van der Waals surface area contributed by atoms with Gasteiger partial charge in [-0.1, -0.05) is 97.4 Å². The first kappa shape index (κ1) is 58.6. The number of thioether (sulfide) groups is 1. The fourth-order valence-electron chi connectivity index (χ4n) is 5.93. The van der Waals surface area contributed by atoms with Crippen molar-refractivity contribution in [3.8, 4) is 0 Å². The molecule has 0 aliphatic heterocycles. The van der Waals surface area contributed by atoms with E-state index in [0.29, 0.717) is 43.0 Å². The van der Waals surface area contributed by atoms with E-state index in [2.05, 4.69) is 51.4 Å². The van der Waals surface area contributed by atoms with E-state index in [1.807, 2.05) is 46.8 Å². The Morgan fingerprint density at radius 3 is 1.88 bits per heavy atom. The number of carboxylic acid groups (broad SMARTS) is 2. The fraction of sp³-hybridized carbons (Fsp3) is 0.762. The number of carbonyl (C=O) groups excluding carboxylic acids is 2. The number of alkyl halides is 2. The summed E-state index contributed by atoms with van der Waals surface area (Å²) in [4.78, 5) is 47.7. The van der Waals surface area contributed by atoms with E-state index in [4.69, 9.17) is 36.5 Å². The molecule has 0 rings (SSSR count). The van der Waals surface area contributed by atoms with Crippen LogP contribution in [0, 0.1) is 34.5 Å². The maximum Gasteiger partial charge on any atom is 0.500 e. The molecule has 328 valence electrons. The highest BCUT2D eigenvalue weighted by Gasteiger charge is 2.41. The number of aliphatic carboxylic acids is 2. The third-order valence-corrected chi connectivity index (χ3v) is 15.3. The van der Waals surface area contributed by atoms with Crippen molar-refractivity contribution < 1.29 is 42.7 Å². The van der Waals surface area contributed by atoms with Gasteiger partial charge in [0.25, 0.3) is 0 Å². The van der Waals surface area contributed by atoms with Crippen LogP contribution in [0.1, 0.15) is 120 Å². The zero-order chi connectivity index (χ0) is 44.1. The minimum absolute atomic E-state index is 0.0351. The number of halogens is 2. The van der Waals surface area contributed by atoms with Gasteiger partial charge in [-0.05, 0) is 69.1 Å². The van der Waals surface area contributed by atoms with Gasteiger partial charge in [0.15, 0.2) is 5.12 Å². The summed E-state index contributed by atoms with van der Waals surface area (Å²) in [6.07, 6.45) is 14.4. The standard InChI is InChI=1S/C28H50Cl2O6SSi.C12H23NO3.C2H4/c1-8-14-22(16-17-25(30)24(29)15-11-10-12-18-28(3,4)9-2)23(27(32)33)21-26(31)37-19-13-20-38(34-5,35-6)36-7;1-6-12(4,5)9(11(15)16)8(3)10(14)13-7-2;1-2/h8,10,12,14,22-25H,9,11,13,15-21H2,1-7H3,(H,32,33);8-9H,6-7H2,1-5H3,(H,13,14)(H,15,16);1-2H2/b12-10+,14-8+;;. The van der Waals surface area contributed by atoms with Crippen LogP contribution in [0.4, 0.5) is 0 Å². The molecule has 3 N–H and O–H groups in total. The SMILES string of the molecule is C/C=C/C(CCC(Cl)C(Cl)CC/C=C/CC(C)(C)CC)C(CC(=O)SCCC[Si](OC)(OC)OC)C(=O)O.C=C.CCNC(=O)C(C)C(C(=O)O)C(C)(C)CC. The molecule has 1 amide bonds. The number of carboxylic acids is 2. The van der Waals surface area contributed by atoms with Gasteiger partial charge in [0, 0.05) is 57.4 Å². The van der Waals surface area contributed by atoms with Gasteiger partial charge >= 0.3 is 20.7 Å². The number of nitrogens with one attached hydrogen (secondary N) is 1. The first-order valence-electron chi connectivity index (χ1n) is 19.8. The number of hydrogen-bond donors (Lipinski definition) is 3. The van der Waals surface area contributed by atoms with Gasteiger partial charge in [-0.15, -0.1) is 36.4 Å². The average molecular weight is 871 g/mol. The van der Waals surface area contributed by atoms with E-state index >= 15 is 0 Å². The number of amides is 1. The van der Waals surface area contributed by atoms with Gasteiger partial charge in [0.1, 0.15) is 0 Å². The van der Waals surface area contributed by atoms with Crippen LogP contribution >= 0.6 is 35.0 Å². The highest BCUT2D eigenvalue weighted by atomic mass is 35.5. The molecular formula is C42H77Cl2NO9SSi. The van der Waals surface area contributed by atoms with Crippen molar-refractivity contribution in [1.29, 1.82) is 0 Å². The van der Waals surface area contributed by atoms with Gasteiger partial charge in [0.2, 0.25) is 5.91 Å². The highest BCUT2D eigenvalue weighted by Crippen LogP contribution is 2.36. The second kappa shape index (κ2) is 32.2. The van der Waals surface area contributed by atoms with Crippen molar-refractivity contribution in [3.63, 3.8) is 0 Å².